The van der Waals surface area contributed by atoms with Gasteiger partial charge in [-0.25, -0.2) is 21.9 Å². The number of nitrogens with one attached hydrogen (secondary N) is 2. The van der Waals surface area contributed by atoms with E-state index in [1.165, 1.54) is 0 Å². The molecule has 0 aliphatic carbocycles. The lowest BCUT2D eigenvalue weighted by molar-refractivity contribution is -0.121. The number of sulfonamides is 1. The van der Waals surface area contributed by atoms with Crippen LogP contribution in [0, 0.1) is 11.6 Å². The van der Waals surface area contributed by atoms with Crippen molar-refractivity contribution in [3.8, 4) is 0 Å². The van der Waals surface area contributed by atoms with Gasteiger partial charge in [0, 0.05) is 6.61 Å². The van der Waals surface area contributed by atoms with Crippen molar-refractivity contribution in [3.63, 3.8) is 0 Å². The van der Waals surface area contributed by atoms with E-state index >= 15 is 0 Å². The van der Waals surface area contributed by atoms with Gasteiger partial charge in [-0.15, -0.1) is 0 Å². The third-order valence-electron chi connectivity index (χ3n) is 3.52. The number of rotatable bonds is 6. The van der Waals surface area contributed by atoms with Crippen LogP contribution < -0.4 is 10.0 Å². The minimum absolute atomic E-state index is 0.112. The molecule has 0 bridgehead atoms. The van der Waals surface area contributed by atoms with Crippen molar-refractivity contribution in [1.29, 1.82) is 0 Å². The Labute approximate surface area is 133 Å². The normalized spacial score (nSPS) is 19.5. The van der Waals surface area contributed by atoms with E-state index in [0.29, 0.717) is 6.61 Å². The van der Waals surface area contributed by atoms with Gasteiger partial charge in [0.15, 0.2) is 4.90 Å². The van der Waals surface area contributed by atoms with Crippen LogP contribution in [-0.2, 0) is 19.6 Å². The van der Waals surface area contributed by atoms with Gasteiger partial charge in [-0.2, -0.15) is 0 Å². The number of carbonyl (C=O) groups is 1. The molecule has 0 saturated carbocycles. The second-order valence-electron chi connectivity index (χ2n) is 5.28. The van der Waals surface area contributed by atoms with Crippen molar-refractivity contribution in [3.05, 3.63) is 29.8 Å². The minimum Gasteiger partial charge on any atom is -0.376 e. The van der Waals surface area contributed by atoms with Crippen molar-refractivity contribution in [2.24, 2.45) is 0 Å². The summed E-state index contributed by atoms with van der Waals surface area (Å²) < 4.78 is 58.2. The Kier molecular flexibility index (Phi) is 5.66. The molecule has 1 aromatic rings. The molecule has 2 rings (SSSR count). The molecule has 1 fully saturated rings. The molecule has 1 heterocycles. The van der Waals surface area contributed by atoms with E-state index in [-0.39, 0.29) is 12.1 Å². The monoisotopic (exact) mass is 348 g/mol. The molecule has 2 N–H and O–H groups in total. The molecule has 1 aliphatic heterocycles. The van der Waals surface area contributed by atoms with Crippen LogP contribution in [0.15, 0.2) is 23.1 Å². The number of hydrogen-bond donors (Lipinski definition) is 2. The highest BCUT2D eigenvalue weighted by molar-refractivity contribution is 7.89. The second kappa shape index (κ2) is 7.33. The van der Waals surface area contributed by atoms with Crippen LogP contribution in [0.1, 0.15) is 19.8 Å². The lowest BCUT2D eigenvalue weighted by Gasteiger charge is -2.20. The predicted octanol–water partition coefficient (Wildman–Crippen LogP) is 0.927. The highest BCUT2D eigenvalue weighted by Crippen LogP contribution is 2.18. The summed E-state index contributed by atoms with van der Waals surface area (Å²) in [6.07, 6.45) is 1.61. The van der Waals surface area contributed by atoms with Crippen LogP contribution in [0.3, 0.4) is 0 Å². The predicted molar refractivity (Wildman–Crippen MR) is 78.1 cm³/mol. The van der Waals surface area contributed by atoms with Gasteiger partial charge >= 0.3 is 0 Å². The van der Waals surface area contributed by atoms with Gasteiger partial charge in [0.05, 0.1) is 18.7 Å². The summed E-state index contributed by atoms with van der Waals surface area (Å²) in [6, 6.07) is 2.44. The zero-order chi connectivity index (χ0) is 17.0. The molecule has 128 valence electrons. The van der Waals surface area contributed by atoms with Crippen LogP contribution in [0.25, 0.3) is 0 Å². The first kappa shape index (κ1) is 17.8. The molecule has 1 aromatic carbocycles. The number of amides is 1. The molecule has 2 atom stereocenters. The summed E-state index contributed by atoms with van der Waals surface area (Å²) in [5.74, 6) is -3.04. The summed E-state index contributed by atoms with van der Waals surface area (Å²) in [7, 11) is -4.46. The number of halogens is 2. The number of benzene rings is 1. The van der Waals surface area contributed by atoms with Gasteiger partial charge < -0.3 is 10.1 Å². The molecular formula is C14H18F2N2O4S. The second-order valence-corrected chi connectivity index (χ2v) is 6.99. The third kappa shape index (κ3) is 4.46. The summed E-state index contributed by atoms with van der Waals surface area (Å²) in [4.78, 5) is 10.7. The zero-order valence-corrected chi connectivity index (χ0v) is 13.3. The van der Waals surface area contributed by atoms with Crippen molar-refractivity contribution in [2.45, 2.75) is 36.8 Å². The highest BCUT2D eigenvalue weighted by Gasteiger charge is 2.26. The van der Waals surface area contributed by atoms with Gasteiger partial charge in [-0.1, -0.05) is 6.07 Å². The van der Waals surface area contributed by atoms with Crippen LogP contribution in [0.2, 0.25) is 0 Å². The van der Waals surface area contributed by atoms with Gasteiger partial charge in [-0.3, -0.25) is 4.79 Å². The largest absolute Gasteiger partial charge is 0.376 e. The lowest BCUT2D eigenvalue weighted by Crippen LogP contribution is -2.45. The summed E-state index contributed by atoms with van der Waals surface area (Å²) in [5, 5.41) is 2.60. The molecule has 0 spiro atoms. The number of hydrogen-bond acceptors (Lipinski definition) is 4. The standard InChI is InChI=1S/C14H18F2N2O4S/c1-9(12-6-3-7-22-12)18-13(19)8-17-23(20,21)14-10(15)4-2-5-11(14)16/h2,4-5,9,12,17H,3,6-8H2,1H3,(H,18,19)/t9-,12-/m1/s1. The first-order valence-electron chi connectivity index (χ1n) is 7.16. The Bertz CT molecular complexity index is 655. The third-order valence-corrected chi connectivity index (χ3v) is 4.97. The quantitative estimate of drug-likeness (QED) is 0.801. The van der Waals surface area contributed by atoms with Gasteiger partial charge in [0.2, 0.25) is 15.9 Å². The molecule has 23 heavy (non-hydrogen) atoms. The Morgan fingerprint density at radius 3 is 2.61 bits per heavy atom. The first-order chi connectivity index (χ1) is 10.8. The molecule has 9 heteroatoms. The first-order valence-corrected chi connectivity index (χ1v) is 8.64. The fraction of sp³-hybridized carbons (Fsp3) is 0.500. The molecule has 0 aromatic heterocycles. The Morgan fingerprint density at radius 2 is 2.04 bits per heavy atom. The smallest absolute Gasteiger partial charge is 0.246 e. The van der Waals surface area contributed by atoms with Crippen LogP contribution in [-0.4, -0.2) is 39.6 Å². The van der Waals surface area contributed by atoms with Gasteiger partial charge in [-0.05, 0) is 31.9 Å². The van der Waals surface area contributed by atoms with E-state index in [4.69, 9.17) is 4.74 Å². The molecule has 1 amide bonds. The maximum absolute atomic E-state index is 13.5. The van der Waals surface area contributed by atoms with Crippen LogP contribution in [0.5, 0.6) is 0 Å². The fourth-order valence-corrected chi connectivity index (χ4v) is 3.48. The van der Waals surface area contributed by atoms with Crippen LogP contribution in [0.4, 0.5) is 8.78 Å². The van der Waals surface area contributed by atoms with Gasteiger partial charge in [0.1, 0.15) is 11.6 Å². The minimum atomic E-state index is -4.46. The molecule has 1 aliphatic rings. The van der Waals surface area contributed by atoms with Crippen molar-refractivity contribution in [2.75, 3.05) is 13.2 Å². The summed E-state index contributed by atoms with van der Waals surface area (Å²) in [6.45, 7) is 1.76. The maximum atomic E-state index is 13.5. The molecule has 0 unspecified atom stereocenters. The van der Waals surface area contributed by atoms with Crippen molar-refractivity contribution < 1.29 is 26.7 Å². The summed E-state index contributed by atoms with van der Waals surface area (Å²) in [5.41, 5.74) is 0. The Hall–Kier alpha value is -1.58. The highest BCUT2D eigenvalue weighted by atomic mass is 32.2. The SMILES string of the molecule is C[C@@H](NC(=O)CNS(=O)(=O)c1c(F)cccc1F)[C@H]1CCCO1. The van der Waals surface area contributed by atoms with E-state index in [1.807, 2.05) is 4.72 Å². The number of ether oxygens (including phenoxy) is 1. The maximum Gasteiger partial charge on any atom is 0.246 e. The van der Waals surface area contributed by atoms with Crippen LogP contribution >= 0.6 is 0 Å². The topological polar surface area (TPSA) is 84.5 Å². The Morgan fingerprint density at radius 1 is 1.39 bits per heavy atom. The molecular weight excluding hydrogens is 330 g/mol. The van der Waals surface area contributed by atoms with Crippen molar-refractivity contribution in [1.82, 2.24) is 10.0 Å². The van der Waals surface area contributed by atoms with E-state index in [0.717, 1.165) is 31.0 Å². The van der Waals surface area contributed by atoms with E-state index in [2.05, 4.69) is 5.32 Å². The summed E-state index contributed by atoms with van der Waals surface area (Å²) >= 11 is 0. The number of carbonyl (C=O) groups excluding carboxylic acids is 1. The van der Waals surface area contributed by atoms with Crippen molar-refractivity contribution >= 4 is 15.9 Å². The lowest BCUT2D eigenvalue weighted by atomic mass is 10.1. The fourth-order valence-electron chi connectivity index (χ4n) is 2.37. The van der Waals surface area contributed by atoms with E-state index in [1.54, 1.807) is 6.92 Å². The molecule has 1 saturated heterocycles. The van der Waals surface area contributed by atoms with E-state index < -0.39 is 39.0 Å². The molecule has 6 nitrogen and oxygen atoms in total. The van der Waals surface area contributed by atoms with Gasteiger partial charge in [0.25, 0.3) is 0 Å². The average Bonchev–Trinajstić information content (AvgIpc) is 2.99. The zero-order valence-electron chi connectivity index (χ0n) is 12.5. The average molecular weight is 348 g/mol. The Balaban J connectivity index is 1.95. The molecule has 0 radical (unpaired) electrons. The van der Waals surface area contributed by atoms with E-state index in [9.17, 15) is 22.0 Å².